The number of aliphatic hydroxyl groups is 1. The molecule has 4 aliphatic carbocycles. The van der Waals surface area contributed by atoms with Crippen LogP contribution in [0.1, 0.15) is 99.8 Å². The predicted octanol–water partition coefficient (Wildman–Crippen LogP) is 6.32. The zero-order valence-corrected chi connectivity index (χ0v) is 27.1. The molecule has 1 aromatic rings. The van der Waals surface area contributed by atoms with E-state index in [4.69, 9.17) is 4.74 Å². The number of nitrogens with zero attached hydrogens (tertiary/aromatic N) is 1. The largest absolute Gasteiger partial charge is 0.396 e. The number of aliphatic hydroxyl groups excluding tert-OH is 1. The molecule has 6 atom stereocenters. The summed E-state index contributed by atoms with van der Waals surface area (Å²) in [5.41, 5.74) is 2.50. The van der Waals surface area contributed by atoms with Crippen molar-refractivity contribution >= 4 is 11.9 Å². The van der Waals surface area contributed by atoms with Gasteiger partial charge in [-0.1, -0.05) is 36.6 Å². The average molecular weight is 637 g/mol. The van der Waals surface area contributed by atoms with E-state index in [1.165, 1.54) is 16.7 Å². The Hall–Kier alpha value is -0.880. The molecule has 4 bridgehead atoms. The van der Waals surface area contributed by atoms with Crippen LogP contribution in [0.5, 0.6) is 0 Å². The van der Waals surface area contributed by atoms with E-state index in [9.17, 15) is 18.3 Å². The van der Waals surface area contributed by atoms with E-state index in [1.807, 2.05) is 11.9 Å². The molecule has 1 spiro atoms. The normalized spacial score (nSPS) is 41.0. The molecule has 4 saturated carbocycles. The van der Waals surface area contributed by atoms with Gasteiger partial charge in [0.25, 0.3) is 0 Å². The zero-order chi connectivity index (χ0) is 30.7. The van der Waals surface area contributed by atoms with Crippen LogP contribution in [-0.4, -0.2) is 65.8 Å². The van der Waals surface area contributed by atoms with Crippen molar-refractivity contribution in [3.63, 3.8) is 0 Å². The van der Waals surface area contributed by atoms with Gasteiger partial charge in [0.15, 0.2) is 0 Å². The van der Waals surface area contributed by atoms with E-state index in [-0.39, 0.29) is 50.5 Å². The molecule has 44 heavy (non-hydrogen) atoms. The first kappa shape index (κ1) is 31.7. The smallest absolute Gasteiger partial charge is 0.394 e. The highest BCUT2D eigenvalue weighted by atomic mass is 32.2. The van der Waals surface area contributed by atoms with Crippen molar-refractivity contribution in [2.24, 2.45) is 22.7 Å². The van der Waals surface area contributed by atoms with E-state index >= 15 is 0 Å². The quantitative estimate of drug-likeness (QED) is 0.282. The van der Waals surface area contributed by atoms with Gasteiger partial charge in [-0.25, -0.2) is 4.72 Å². The first-order valence-corrected chi connectivity index (χ1v) is 18.0. The molecule has 0 amide bonds. The predicted molar refractivity (Wildman–Crippen MR) is 168 cm³/mol. The molecule has 10 heteroatoms. The fourth-order valence-electron chi connectivity index (χ4n) is 9.63. The molecule has 2 aliphatic heterocycles. The molecule has 2 saturated heterocycles. The number of fused-ring (bicyclic) bond motifs is 4. The monoisotopic (exact) mass is 636 g/mol. The highest BCUT2D eigenvalue weighted by Gasteiger charge is 2.64. The lowest BCUT2D eigenvalue weighted by Crippen LogP contribution is -2.62. The molecule has 7 rings (SSSR count). The number of nitrogens with one attached hydrogen (secondary N) is 3. The van der Waals surface area contributed by atoms with E-state index < -0.39 is 11.6 Å². The van der Waals surface area contributed by atoms with Gasteiger partial charge in [0.05, 0.1) is 12.0 Å². The summed E-state index contributed by atoms with van der Waals surface area (Å²) >= 11 is 1.82. The molecular weight excluding hydrogens is 585 g/mol. The Morgan fingerprint density at radius 2 is 1.80 bits per heavy atom. The van der Waals surface area contributed by atoms with Crippen molar-refractivity contribution in [3.05, 3.63) is 34.9 Å². The van der Waals surface area contributed by atoms with Crippen LogP contribution in [0, 0.1) is 36.5 Å². The Kier molecular flexibility index (Phi) is 8.86. The van der Waals surface area contributed by atoms with Crippen LogP contribution < -0.4 is 15.4 Å². The first-order chi connectivity index (χ1) is 21.1. The maximum absolute atomic E-state index is 14.4. The van der Waals surface area contributed by atoms with E-state index in [1.54, 1.807) is 0 Å². The molecule has 6 nitrogen and oxygen atoms in total. The molecule has 5 unspecified atom stereocenters. The standard InChI is InChI=1S/C34H51F3N4O2S/c1-21-5-3-6-22(2)30(21)28-12-29-39-31(38-28)40-44-27-8-4-7-23(11-27)18-41(25-15-32(16-25)13-24(14-32)19-42)26(20-43-29)17-33(9-10-33)34(35,36)37/h3,5-6,23-29,31,38-40,42H,4,7-20H2,1-2H3/t23?,24?,25?,26-,27?,28?,29?,31?,32?/m1/s1. The molecule has 0 radical (unpaired) electrons. The summed E-state index contributed by atoms with van der Waals surface area (Å²) in [5.74, 6) is 0.885. The van der Waals surface area contributed by atoms with E-state index in [2.05, 4.69) is 52.3 Å². The van der Waals surface area contributed by atoms with Crippen molar-refractivity contribution in [3.8, 4) is 0 Å². The fourth-order valence-corrected chi connectivity index (χ4v) is 10.7. The minimum absolute atomic E-state index is 0.0777. The average Bonchev–Trinajstić information content (AvgIpc) is 3.73. The minimum atomic E-state index is -4.18. The number of hydrogen-bond acceptors (Lipinski definition) is 7. The van der Waals surface area contributed by atoms with Gasteiger partial charge < -0.3 is 9.84 Å². The van der Waals surface area contributed by atoms with Crippen molar-refractivity contribution in [1.29, 1.82) is 0 Å². The third-order valence-corrected chi connectivity index (χ3v) is 13.3. The van der Waals surface area contributed by atoms with Crippen molar-refractivity contribution in [1.82, 2.24) is 20.3 Å². The van der Waals surface area contributed by atoms with Gasteiger partial charge in [0, 0.05) is 42.9 Å². The van der Waals surface area contributed by atoms with Gasteiger partial charge in [-0.05, 0) is 112 Å². The topological polar surface area (TPSA) is 68.8 Å². The summed E-state index contributed by atoms with van der Waals surface area (Å²) in [6, 6.07) is 6.52. The van der Waals surface area contributed by atoms with Gasteiger partial charge >= 0.3 is 6.18 Å². The van der Waals surface area contributed by atoms with Crippen LogP contribution in [-0.2, 0) is 4.74 Å². The summed E-state index contributed by atoms with van der Waals surface area (Å²) < 4.78 is 53.7. The second-order valence-corrected chi connectivity index (χ2v) is 16.6. The van der Waals surface area contributed by atoms with Crippen LogP contribution in [0.4, 0.5) is 13.2 Å². The third-order valence-electron chi connectivity index (χ3n) is 12.2. The third kappa shape index (κ3) is 6.35. The number of hydrogen-bond donors (Lipinski definition) is 4. The van der Waals surface area contributed by atoms with Crippen LogP contribution in [0.3, 0.4) is 0 Å². The summed E-state index contributed by atoms with van der Waals surface area (Å²) in [5, 5.41) is 17.5. The van der Waals surface area contributed by atoms with Crippen molar-refractivity contribution < 1.29 is 23.0 Å². The fraction of sp³-hybridized carbons (Fsp3) is 0.824. The summed E-state index contributed by atoms with van der Waals surface area (Å²) in [6.07, 6.45) is 5.52. The molecular formula is C34H51F3N4O2S. The Labute approximate surface area is 265 Å². The van der Waals surface area contributed by atoms with Crippen LogP contribution in [0.15, 0.2) is 18.2 Å². The van der Waals surface area contributed by atoms with E-state index in [0.717, 1.165) is 57.9 Å². The lowest BCUT2D eigenvalue weighted by Gasteiger charge is -2.61. The van der Waals surface area contributed by atoms with Crippen molar-refractivity contribution in [2.45, 2.75) is 133 Å². The molecule has 6 fully saturated rings. The zero-order valence-electron chi connectivity index (χ0n) is 26.3. The molecule has 2 heterocycles. The Morgan fingerprint density at radius 1 is 1.05 bits per heavy atom. The second kappa shape index (κ2) is 12.3. The maximum atomic E-state index is 14.4. The van der Waals surface area contributed by atoms with E-state index in [0.29, 0.717) is 41.6 Å². The van der Waals surface area contributed by atoms with Crippen LogP contribution in [0.25, 0.3) is 0 Å². The Balaban J connectivity index is 1.17. The van der Waals surface area contributed by atoms with Gasteiger partial charge in [0.2, 0.25) is 0 Å². The van der Waals surface area contributed by atoms with Gasteiger partial charge in [-0.3, -0.25) is 15.5 Å². The number of benzene rings is 1. The summed E-state index contributed by atoms with van der Waals surface area (Å²) in [7, 11) is 0. The molecule has 6 aliphatic rings. The number of rotatable bonds is 5. The lowest BCUT2D eigenvalue weighted by molar-refractivity contribution is -0.199. The Bertz CT molecular complexity index is 1150. The van der Waals surface area contributed by atoms with Gasteiger partial charge in [-0.2, -0.15) is 13.2 Å². The highest BCUT2D eigenvalue weighted by Crippen LogP contribution is 2.63. The Morgan fingerprint density at radius 3 is 2.48 bits per heavy atom. The summed E-state index contributed by atoms with van der Waals surface area (Å²) in [4.78, 5) is 2.51. The first-order valence-electron chi connectivity index (χ1n) is 17.1. The van der Waals surface area contributed by atoms with Crippen LogP contribution in [0.2, 0.25) is 0 Å². The maximum Gasteiger partial charge on any atom is 0.394 e. The number of aryl methyl sites for hydroxylation is 2. The van der Waals surface area contributed by atoms with Crippen molar-refractivity contribution in [2.75, 3.05) is 19.8 Å². The summed E-state index contributed by atoms with van der Waals surface area (Å²) in [6.45, 7) is 5.74. The SMILES string of the molecule is Cc1cccc(C)c1C1CC2NC(NSC3CCCC(C3)CN(C3CC4(CC(CO)C4)C3)[C@H](CC3(C(F)(F)F)CC3)CO2)N1. The molecule has 246 valence electrons. The molecule has 0 aromatic heterocycles. The highest BCUT2D eigenvalue weighted by molar-refractivity contribution is 7.98. The van der Waals surface area contributed by atoms with Gasteiger partial charge in [-0.15, -0.1) is 0 Å². The number of alkyl halides is 3. The second-order valence-electron chi connectivity index (χ2n) is 15.4. The van der Waals surface area contributed by atoms with Crippen LogP contribution >= 0.6 is 11.9 Å². The minimum Gasteiger partial charge on any atom is -0.396 e. The molecule has 1 aromatic carbocycles. The number of halogens is 3. The molecule has 4 N–H and O–H groups in total. The number of ether oxygens (including phenoxy) is 1. The lowest BCUT2D eigenvalue weighted by atomic mass is 9.49. The van der Waals surface area contributed by atoms with Gasteiger partial charge in [0.1, 0.15) is 12.5 Å².